The minimum absolute atomic E-state index is 0.262. The van der Waals surface area contributed by atoms with Gasteiger partial charge < -0.3 is 10.2 Å². The fourth-order valence-corrected chi connectivity index (χ4v) is 1.29. The fourth-order valence-electron chi connectivity index (χ4n) is 1.29. The van der Waals surface area contributed by atoms with Crippen molar-refractivity contribution in [2.45, 2.75) is 0 Å². The van der Waals surface area contributed by atoms with Gasteiger partial charge in [0.05, 0.1) is 11.9 Å². The van der Waals surface area contributed by atoms with Crippen molar-refractivity contribution < 1.29 is 4.79 Å². The number of aromatic nitrogens is 3. The topological polar surface area (TPSA) is 63.1 Å². The average molecular weight is 231 g/mol. The van der Waals surface area contributed by atoms with Crippen LogP contribution in [0.3, 0.4) is 0 Å². The summed E-state index contributed by atoms with van der Waals surface area (Å²) >= 11 is 0. The molecule has 0 aromatic carbocycles. The number of anilines is 2. The van der Waals surface area contributed by atoms with Crippen molar-refractivity contribution in [2.24, 2.45) is 0 Å². The van der Waals surface area contributed by atoms with E-state index in [0.717, 1.165) is 5.82 Å². The number of hydrogen-bond acceptors (Lipinski definition) is 4. The van der Waals surface area contributed by atoms with Crippen molar-refractivity contribution in [3.05, 3.63) is 37.1 Å². The van der Waals surface area contributed by atoms with E-state index in [9.17, 15) is 4.79 Å². The van der Waals surface area contributed by atoms with E-state index >= 15 is 0 Å². The van der Waals surface area contributed by atoms with Crippen LogP contribution in [0.15, 0.2) is 37.1 Å². The molecule has 0 saturated carbocycles. The van der Waals surface area contributed by atoms with E-state index in [2.05, 4.69) is 15.3 Å². The fraction of sp³-hybridized carbons (Fsp3) is 0.182. The SMILES string of the molecule is CN(C)c1ccc(NC(=O)n2ccnc2)cn1. The van der Waals surface area contributed by atoms with Gasteiger partial charge in [-0.25, -0.2) is 14.8 Å². The molecular weight excluding hydrogens is 218 g/mol. The van der Waals surface area contributed by atoms with E-state index in [4.69, 9.17) is 0 Å². The molecule has 0 saturated heterocycles. The Morgan fingerprint density at radius 3 is 2.76 bits per heavy atom. The molecule has 2 heterocycles. The molecule has 0 aliphatic rings. The first kappa shape index (κ1) is 11.1. The second kappa shape index (κ2) is 4.65. The lowest BCUT2D eigenvalue weighted by Gasteiger charge is -2.11. The third kappa shape index (κ3) is 2.60. The largest absolute Gasteiger partial charge is 0.363 e. The van der Waals surface area contributed by atoms with E-state index in [1.165, 1.54) is 10.9 Å². The highest BCUT2D eigenvalue weighted by Gasteiger charge is 2.04. The molecule has 0 fully saturated rings. The normalized spacial score (nSPS) is 10.0. The third-order valence-corrected chi connectivity index (χ3v) is 2.20. The molecule has 0 unspecified atom stereocenters. The molecule has 88 valence electrons. The molecule has 0 aliphatic heterocycles. The van der Waals surface area contributed by atoms with Crippen molar-refractivity contribution in [3.8, 4) is 0 Å². The molecule has 0 bridgehead atoms. The maximum Gasteiger partial charge on any atom is 0.331 e. The first-order valence-electron chi connectivity index (χ1n) is 5.09. The highest BCUT2D eigenvalue weighted by atomic mass is 16.2. The van der Waals surface area contributed by atoms with Gasteiger partial charge >= 0.3 is 6.03 Å². The molecule has 6 nitrogen and oxygen atoms in total. The van der Waals surface area contributed by atoms with Crippen LogP contribution in [0.1, 0.15) is 0 Å². The first-order valence-corrected chi connectivity index (χ1v) is 5.09. The van der Waals surface area contributed by atoms with Gasteiger partial charge in [0.25, 0.3) is 0 Å². The van der Waals surface area contributed by atoms with Crippen LogP contribution in [-0.4, -0.2) is 34.7 Å². The van der Waals surface area contributed by atoms with Crippen LogP contribution in [0.25, 0.3) is 0 Å². The summed E-state index contributed by atoms with van der Waals surface area (Å²) in [5.74, 6) is 0.839. The minimum atomic E-state index is -0.262. The Morgan fingerprint density at radius 1 is 1.41 bits per heavy atom. The van der Waals surface area contributed by atoms with Crippen LogP contribution in [0.2, 0.25) is 0 Å². The Kier molecular flexibility index (Phi) is 3.04. The maximum absolute atomic E-state index is 11.7. The van der Waals surface area contributed by atoms with Gasteiger partial charge in [-0.15, -0.1) is 0 Å². The summed E-state index contributed by atoms with van der Waals surface area (Å²) in [7, 11) is 3.82. The molecule has 0 aliphatic carbocycles. The lowest BCUT2D eigenvalue weighted by Crippen LogP contribution is -2.18. The Balaban J connectivity index is 2.07. The van der Waals surface area contributed by atoms with Gasteiger partial charge in [-0.2, -0.15) is 0 Å². The van der Waals surface area contributed by atoms with Gasteiger partial charge in [0.2, 0.25) is 0 Å². The van der Waals surface area contributed by atoms with Crippen LogP contribution < -0.4 is 10.2 Å². The second-order valence-electron chi connectivity index (χ2n) is 3.70. The van der Waals surface area contributed by atoms with Crippen LogP contribution in [0.5, 0.6) is 0 Å². The Morgan fingerprint density at radius 2 is 2.24 bits per heavy atom. The van der Waals surface area contributed by atoms with Crippen molar-refractivity contribution >= 4 is 17.5 Å². The summed E-state index contributed by atoms with van der Waals surface area (Å²) in [6.07, 6.45) is 6.19. The summed E-state index contributed by atoms with van der Waals surface area (Å²) in [6, 6.07) is 3.38. The molecular formula is C11H13N5O. The number of rotatable bonds is 2. The molecule has 2 aromatic heterocycles. The quantitative estimate of drug-likeness (QED) is 0.849. The zero-order chi connectivity index (χ0) is 12.3. The number of amides is 1. The Labute approximate surface area is 98.9 Å². The summed E-state index contributed by atoms with van der Waals surface area (Å²) in [6.45, 7) is 0. The standard InChI is InChI=1S/C11H13N5O/c1-15(2)10-4-3-9(7-13-10)14-11(17)16-6-5-12-8-16/h3-8H,1-2H3,(H,14,17). The highest BCUT2D eigenvalue weighted by molar-refractivity contribution is 5.90. The van der Waals surface area contributed by atoms with Crippen molar-refractivity contribution in [3.63, 3.8) is 0 Å². The Bertz CT molecular complexity index is 489. The lowest BCUT2D eigenvalue weighted by atomic mass is 10.4. The number of hydrogen-bond donors (Lipinski definition) is 1. The zero-order valence-corrected chi connectivity index (χ0v) is 9.66. The molecule has 2 aromatic rings. The first-order chi connectivity index (χ1) is 8.16. The summed E-state index contributed by atoms with van der Waals surface area (Å²) in [5, 5.41) is 2.71. The van der Waals surface area contributed by atoms with Crippen molar-refractivity contribution in [1.29, 1.82) is 0 Å². The molecule has 2 rings (SSSR count). The van der Waals surface area contributed by atoms with Crippen LogP contribution >= 0.6 is 0 Å². The predicted octanol–water partition coefficient (Wildman–Crippen LogP) is 1.42. The molecule has 1 amide bonds. The van der Waals surface area contributed by atoms with Crippen LogP contribution in [0.4, 0.5) is 16.3 Å². The van der Waals surface area contributed by atoms with Gasteiger partial charge in [0.15, 0.2) is 0 Å². The molecule has 6 heteroatoms. The van der Waals surface area contributed by atoms with Gasteiger partial charge in [0.1, 0.15) is 12.1 Å². The lowest BCUT2D eigenvalue weighted by molar-refractivity contribution is 0.253. The van der Waals surface area contributed by atoms with E-state index in [0.29, 0.717) is 5.69 Å². The number of carbonyl (C=O) groups is 1. The van der Waals surface area contributed by atoms with E-state index in [-0.39, 0.29) is 6.03 Å². The zero-order valence-electron chi connectivity index (χ0n) is 9.66. The number of imidazole rings is 1. The minimum Gasteiger partial charge on any atom is -0.363 e. The molecule has 0 radical (unpaired) electrons. The van der Waals surface area contributed by atoms with Crippen LogP contribution in [0, 0.1) is 0 Å². The number of carbonyl (C=O) groups excluding carboxylic acids is 1. The van der Waals surface area contributed by atoms with Gasteiger partial charge in [-0.1, -0.05) is 0 Å². The Hall–Kier alpha value is -2.37. The van der Waals surface area contributed by atoms with Crippen molar-refractivity contribution in [1.82, 2.24) is 14.5 Å². The summed E-state index contributed by atoms with van der Waals surface area (Å²) < 4.78 is 1.36. The number of nitrogens with zero attached hydrogens (tertiary/aromatic N) is 4. The van der Waals surface area contributed by atoms with E-state index in [1.807, 2.05) is 25.1 Å². The molecule has 0 atom stereocenters. The summed E-state index contributed by atoms with van der Waals surface area (Å²) in [4.78, 5) is 21.6. The molecule has 1 N–H and O–H groups in total. The molecule has 0 spiro atoms. The molecule has 17 heavy (non-hydrogen) atoms. The van der Waals surface area contributed by atoms with E-state index < -0.39 is 0 Å². The smallest absolute Gasteiger partial charge is 0.331 e. The van der Waals surface area contributed by atoms with Gasteiger partial charge in [0, 0.05) is 26.5 Å². The third-order valence-electron chi connectivity index (χ3n) is 2.20. The number of nitrogens with one attached hydrogen (secondary N) is 1. The van der Waals surface area contributed by atoms with E-state index in [1.54, 1.807) is 24.7 Å². The number of pyridine rings is 1. The maximum atomic E-state index is 11.7. The highest BCUT2D eigenvalue weighted by Crippen LogP contribution is 2.11. The summed E-state index contributed by atoms with van der Waals surface area (Å²) in [5.41, 5.74) is 0.648. The second-order valence-corrected chi connectivity index (χ2v) is 3.70. The average Bonchev–Trinajstić information content (AvgIpc) is 2.83. The van der Waals surface area contributed by atoms with Crippen LogP contribution in [-0.2, 0) is 0 Å². The van der Waals surface area contributed by atoms with Crippen molar-refractivity contribution in [2.75, 3.05) is 24.3 Å². The monoisotopic (exact) mass is 231 g/mol. The van der Waals surface area contributed by atoms with Gasteiger partial charge in [-0.3, -0.25) is 4.57 Å². The predicted molar refractivity (Wildman–Crippen MR) is 65.2 cm³/mol. The van der Waals surface area contributed by atoms with Gasteiger partial charge in [-0.05, 0) is 12.1 Å².